The van der Waals surface area contributed by atoms with Crippen molar-refractivity contribution in [3.8, 4) is 28.4 Å². The van der Waals surface area contributed by atoms with Crippen LogP contribution in [0.1, 0.15) is 28.7 Å². The van der Waals surface area contributed by atoms with E-state index in [0.29, 0.717) is 5.75 Å². The number of hydrogen-bond donors (Lipinski definition) is 2. The Labute approximate surface area is 197 Å². The lowest BCUT2D eigenvalue weighted by molar-refractivity contribution is -0.139. The molecule has 4 rings (SSSR count). The first kappa shape index (κ1) is 23.0. The number of aliphatic carboxylic acids is 1. The quantitative estimate of drug-likeness (QED) is 0.511. The van der Waals surface area contributed by atoms with Crippen molar-refractivity contribution >= 4 is 12.1 Å². The fourth-order valence-corrected chi connectivity index (χ4v) is 4.38. The van der Waals surface area contributed by atoms with Crippen LogP contribution in [0.3, 0.4) is 0 Å². The predicted molar refractivity (Wildman–Crippen MR) is 125 cm³/mol. The third kappa shape index (κ3) is 4.10. The van der Waals surface area contributed by atoms with Crippen molar-refractivity contribution in [3.05, 3.63) is 77.4 Å². The van der Waals surface area contributed by atoms with Gasteiger partial charge in [0, 0.05) is 11.5 Å². The molecule has 0 aliphatic heterocycles. The zero-order valence-electron chi connectivity index (χ0n) is 19.0. The van der Waals surface area contributed by atoms with Gasteiger partial charge in [-0.25, -0.2) is 9.59 Å². The van der Waals surface area contributed by atoms with Gasteiger partial charge < -0.3 is 29.4 Å². The molecule has 0 bridgehead atoms. The Hall–Kier alpha value is -4.20. The van der Waals surface area contributed by atoms with Gasteiger partial charge in [0.25, 0.3) is 0 Å². The summed E-state index contributed by atoms with van der Waals surface area (Å²) in [6, 6.07) is 17.6. The average Bonchev–Trinajstić information content (AvgIpc) is 3.18. The summed E-state index contributed by atoms with van der Waals surface area (Å²) in [5, 5.41) is 12.3. The lowest BCUT2D eigenvalue weighted by atomic mass is 9.98. The van der Waals surface area contributed by atoms with Gasteiger partial charge in [-0.2, -0.15) is 0 Å². The number of benzene rings is 3. The molecule has 1 amide bonds. The molecule has 0 spiro atoms. The number of carbonyl (C=O) groups is 2. The lowest BCUT2D eigenvalue weighted by Gasteiger charge is -2.21. The molecule has 1 aliphatic rings. The second-order valence-electron chi connectivity index (χ2n) is 7.66. The summed E-state index contributed by atoms with van der Waals surface area (Å²) in [4.78, 5) is 24.7. The normalized spacial score (nSPS) is 12.8. The smallest absolute Gasteiger partial charge is 0.408 e. The van der Waals surface area contributed by atoms with Gasteiger partial charge in [-0.15, -0.1) is 0 Å². The molecular weight excluding hydrogens is 438 g/mol. The second-order valence-corrected chi connectivity index (χ2v) is 7.66. The minimum Gasteiger partial charge on any atom is -0.493 e. The van der Waals surface area contributed by atoms with Crippen LogP contribution >= 0.6 is 0 Å². The van der Waals surface area contributed by atoms with Crippen molar-refractivity contribution < 1.29 is 33.6 Å². The first-order valence-corrected chi connectivity index (χ1v) is 10.6. The highest BCUT2D eigenvalue weighted by atomic mass is 16.6. The van der Waals surface area contributed by atoms with E-state index in [9.17, 15) is 14.7 Å². The van der Waals surface area contributed by atoms with E-state index in [4.69, 9.17) is 18.9 Å². The number of carboxylic acids is 1. The van der Waals surface area contributed by atoms with Crippen LogP contribution in [0.15, 0.2) is 60.7 Å². The van der Waals surface area contributed by atoms with Crippen LogP contribution in [0.25, 0.3) is 11.1 Å². The van der Waals surface area contributed by atoms with Crippen LogP contribution in [-0.4, -0.2) is 45.1 Å². The summed E-state index contributed by atoms with van der Waals surface area (Å²) in [5.41, 5.74) is 4.53. The van der Waals surface area contributed by atoms with Gasteiger partial charge in [-0.05, 0) is 34.4 Å². The molecule has 34 heavy (non-hydrogen) atoms. The molecule has 0 fully saturated rings. The summed E-state index contributed by atoms with van der Waals surface area (Å²) in [5.74, 6) is -0.680. The summed E-state index contributed by atoms with van der Waals surface area (Å²) in [6.45, 7) is 0.0647. The number of amides is 1. The van der Waals surface area contributed by atoms with Crippen LogP contribution in [-0.2, 0) is 9.53 Å². The number of fused-ring (bicyclic) bond motifs is 3. The van der Waals surface area contributed by atoms with E-state index in [1.165, 1.54) is 27.4 Å². The molecule has 0 heterocycles. The minimum atomic E-state index is -1.43. The van der Waals surface area contributed by atoms with E-state index in [1.54, 1.807) is 6.07 Å². The fourth-order valence-electron chi connectivity index (χ4n) is 4.38. The number of rotatable bonds is 8. The molecule has 176 valence electrons. The maximum Gasteiger partial charge on any atom is 0.408 e. The van der Waals surface area contributed by atoms with Crippen molar-refractivity contribution in [1.82, 2.24) is 5.32 Å². The van der Waals surface area contributed by atoms with E-state index >= 15 is 0 Å². The maximum atomic E-state index is 12.7. The SMILES string of the molecule is COc1ccc(C(NC(=O)OCC2c3ccccc3-c3ccccc32)C(=O)O)c(OC)c1OC. The molecule has 3 aromatic rings. The van der Waals surface area contributed by atoms with Crippen molar-refractivity contribution in [2.24, 2.45) is 0 Å². The zero-order chi connectivity index (χ0) is 24.2. The van der Waals surface area contributed by atoms with E-state index < -0.39 is 18.1 Å². The number of carboxylic acid groups (broad SMARTS) is 1. The van der Waals surface area contributed by atoms with Gasteiger partial charge in [0.2, 0.25) is 5.75 Å². The van der Waals surface area contributed by atoms with Crippen LogP contribution in [0.4, 0.5) is 4.79 Å². The maximum absolute atomic E-state index is 12.7. The molecule has 3 aromatic carbocycles. The number of nitrogens with one attached hydrogen (secondary N) is 1. The Morgan fingerprint density at radius 2 is 1.44 bits per heavy atom. The summed E-state index contributed by atoms with van der Waals surface area (Å²) in [7, 11) is 4.26. The molecule has 8 heteroatoms. The zero-order valence-corrected chi connectivity index (χ0v) is 19.0. The van der Waals surface area contributed by atoms with Gasteiger partial charge >= 0.3 is 12.1 Å². The Morgan fingerprint density at radius 3 is 1.97 bits per heavy atom. The van der Waals surface area contributed by atoms with E-state index in [1.807, 2.05) is 48.5 Å². The van der Waals surface area contributed by atoms with Crippen molar-refractivity contribution in [3.63, 3.8) is 0 Å². The van der Waals surface area contributed by atoms with Gasteiger partial charge in [0.15, 0.2) is 17.5 Å². The van der Waals surface area contributed by atoms with Crippen molar-refractivity contribution in [1.29, 1.82) is 0 Å². The molecule has 0 aromatic heterocycles. The van der Waals surface area contributed by atoms with Crippen molar-refractivity contribution in [2.75, 3.05) is 27.9 Å². The van der Waals surface area contributed by atoms with E-state index in [2.05, 4.69) is 5.32 Å². The molecule has 0 saturated carbocycles. The van der Waals surface area contributed by atoms with Crippen LogP contribution in [0.5, 0.6) is 17.2 Å². The van der Waals surface area contributed by atoms with Crippen LogP contribution in [0, 0.1) is 0 Å². The molecule has 2 N–H and O–H groups in total. The van der Waals surface area contributed by atoms with Crippen molar-refractivity contribution in [2.45, 2.75) is 12.0 Å². The Balaban J connectivity index is 1.54. The molecule has 1 atom stereocenters. The minimum absolute atomic E-state index is 0.0647. The van der Waals surface area contributed by atoms with Crippen LogP contribution in [0.2, 0.25) is 0 Å². The summed E-state index contributed by atoms with van der Waals surface area (Å²) in [6.07, 6.45) is -0.855. The standard InChI is InChI=1S/C26H25NO7/c1-31-21-13-12-19(23(32-2)24(21)33-3)22(25(28)29)27-26(30)34-14-20-17-10-6-4-8-15(17)16-9-5-7-11-18(16)20/h4-13,20,22H,14H2,1-3H3,(H,27,30)(H,28,29). The lowest BCUT2D eigenvalue weighted by Crippen LogP contribution is -2.35. The molecule has 1 aliphatic carbocycles. The summed E-state index contributed by atoms with van der Waals surface area (Å²) >= 11 is 0. The highest BCUT2D eigenvalue weighted by molar-refractivity contribution is 5.83. The van der Waals surface area contributed by atoms with Gasteiger partial charge in [-0.3, -0.25) is 0 Å². The Kier molecular flexibility index (Phi) is 6.58. The first-order chi connectivity index (χ1) is 16.5. The van der Waals surface area contributed by atoms with Crippen LogP contribution < -0.4 is 19.5 Å². The molecule has 0 saturated heterocycles. The van der Waals surface area contributed by atoms with E-state index in [0.717, 1.165) is 22.3 Å². The van der Waals surface area contributed by atoms with Gasteiger partial charge in [-0.1, -0.05) is 48.5 Å². The summed E-state index contributed by atoms with van der Waals surface area (Å²) < 4.78 is 21.5. The first-order valence-electron chi connectivity index (χ1n) is 10.6. The number of carbonyl (C=O) groups excluding carboxylic acids is 1. The molecular formula is C26H25NO7. The highest BCUT2D eigenvalue weighted by Crippen LogP contribution is 2.45. The van der Waals surface area contributed by atoms with Gasteiger partial charge in [0.05, 0.1) is 21.3 Å². The van der Waals surface area contributed by atoms with E-state index in [-0.39, 0.29) is 29.6 Å². The average molecular weight is 463 g/mol. The largest absolute Gasteiger partial charge is 0.493 e. The number of methoxy groups -OCH3 is 3. The third-order valence-electron chi connectivity index (χ3n) is 5.90. The fraction of sp³-hybridized carbons (Fsp3) is 0.231. The number of hydrogen-bond acceptors (Lipinski definition) is 6. The Bertz CT molecular complexity index is 1180. The molecule has 1 unspecified atom stereocenters. The predicted octanol–water partition coefficient (Wildman–Crippen LogP) is 4.38. The Morgan fingerprint density at radius 1 is 0.853 bits per heavy atom. The topological polar surface area (TPSA) is 103 Å². The highest BCUT2D eigenvalue weighted by Gasteiger charge is 2.32. The number of ether oxygens (including phenoxy) is 4. The number of alkyl carbamates (subject to hydrolysis) is 1. The molecule has 0 radical (unpaired) electrons. The third-order valence-corrected chi connectivity index (χ3v) is 5.90. The van der Waals surface area contributed by atoms with Gasteiger partial charge in [0.1, 0.15) is 6.61 Å². The second kappa shape index (κ2) is 9.74. The molecule has 8 nitrogen and oxygen atoms in total. The monoisotopic (exact) mass is 463 g/mol.